The van der Waals surface area contributed by atoms with Gasteiger partial charge in [-0.05, 0) is 68.4 Å². The zero-order valence-electron chi connectivity index (χ0n) is 18.3. The van der Waals surface area contributed by atoms with Gasteiger partial charge in [0, 0.05) is 31.4 Å². The number of hydrogen-bond acceptors (Lipinski definition) is 5. The average molecular weight is 485 g/mol. The lowest BCUT2D eigenvalue weighted by Gasteiger charge is -2.33. The van der Waals surface area contributed by atoms with Crippen LogP contribution in [0.15, 0.2) is 36.5 Å². The van der Waals surface area contributed by atoms with E-state index in [0.717, 1.165) is 76.2 Å². The van der Waals surface area contributed by atoms with Gasteiger partial charge in [0.15, 0.2) is 6.29 Å². The normalized spacial score (nSPS) is 20.0. The molecule has 5 nitrogen and oxygen atoms in total. The lowest BCUT2D eigenvalue weighted by atomic mass is 9.93. The van der Waals surface area contributed by atoms with E-state index in [4.69, 9.17) is 25.8 Å². The topological polar surface area (TPSA) is 43.8 Å². The van der Waals surface area contributed by atoms with Crippen LogP contribution in [-0.4, -0.2) is 37.6 Å². The van der Waals surface area contributed by atoms with Gasteiger partial charge in [0.2, 0.25) is 5.88 Å². The van der Waals surface area contributed by atoms with Gasteiger partial charge in [0.05, 0.1) is 18.8 Å². The maximum Gasteiger partial charge on any atom is 0.417 e. The van der Waals surface area contributed by atoms with Crippen molar-refractivity contribution in [1.29, 1.82) is 0 Å². The lowest BCUT2D eigenvalue weighted by molar-refractivity contribution is -0.137. The molecule has 0 amide bonds. The van der Waals surface area contributed by atoms with Crippen LogP contribution in [0, 0.1) is 5.92 Å². The third-order valence-corrected chi connectivity index (χ3v) is 6.39. The largest absolute Gasteiger partial charge is 0.477 e. The molecule has 9 heteroatoms. The fourth-order valence-electron chi connectivity index (χ4n) is 4.18. The summed E-state index contributed by atoms with van der Waals surface area (Å²) < 4.78 is 55.2. The Balaban J connectivity index is 1.19. The van der Waals surface area contributed by atoms with Gasteiger partial charge in [-0.25, -0.2) is 4.98 Å². The number of ether oxygens (including phenoxy) is 3. The Kier molecular flexibility index (Phi) is 7.86. The molecule has 180 valence electrons. The molecule has 0 N–H and O–H groups in total. The molecule has 0 bridgehead atoms. The van der Waals surface area contributed by atoms with Gasteiger partial charge < -0.3 is 19.1 Å². The second-order valence-corrected chi connectivity index (χ2v) is 8.89. The van der Waals surface area contributed by atoms with E-state index in [9.17, 15) is 13.2 Å². The monoisotopic (exact) mass is 484 g/mol. The molecule has 0 spiro atoms. The standard InChI is InChI=1S/C24H28ClF3N2O3/c25-21-15-18(24(26,27)28)16-29-23(21)32-14-10-17-8-11-30(12-9-17)19-4-6-20(7-5-19)33-22-3-1-2-13-31-22/h4-7,15-17,22H,1-3,8-14H2. The molecule has 2 aliphatic rings. The lowest BCUT2D eigenvalue weighted by Crippen LogP contribution is -2.34. The first-order valence-corrected chi connectivity index (χ1v) is 11.7. The first kappa shape index (κ1) is 24.0. The van der Waals surface area contributed by atoms with Gasteiger partial charge in [-0.1, -0.05) is 11.6 Å². The highest BCUT2D eigenvalue weighted by Crippen LogP contribution is 2.33. The quantitative estimate of drug-likeness (QED) is 0.458. The molecule has 33 heavy (non-hydrogen) atoms. The Morgan fingerprint density at radius 2 is 1.85 bits per heavy atom. The van der Waals surface area contributed by atoms with Crippen molar-refractivity contribution in [3.05, 3.63) is 47.1 Å². The number of benzene rings is 1. The minimum Gasteiger partial charge on any atom is -0.477 e. The molecule has 2 fully saturated rings. The third kappa shape index (κ3) is 6.67. The van der Waals surface area contributed by atoms with Gasteiger partial charge >= 0.3 is 6.18 Å². The van der Waals surface area contributed by atoms with Crippen LogP contribution in [0.2, 0.25) is 5.02 Å². The Morgan fingerprint density at radius 3 is 2.48 bits per heavy atom. The van der Waals surface area contributed by atoms with Crippen molar-refractivity contribution in [2.75, 3.05) is 31.2 Å². The van der Waals surface area contributed by atoms with E-state index < -0.39 is 11.7 Å². The summed E-state index contributed by atoms with van der Waals surface area (Å²) in [5.74, 6) is 1.36. The molecule has 1 aromatic carbocycles. The molecule has 2 saturated heterocycles. The number of pyridine rings is 1. The molecule has 4 rings (SSSR count). The highest BCUT2D eigenvalue weighted by molar-refractivity contribution is 6.31. The van der Waals surface area contributed by atoms with E-state index in [1.54, 1.807) is 0 Å². The maximum absolute atomic E-state index is 12.7. The summed E-state index contributed by atoms with van der Waals surface area (Å²) in [6.07, 6.45) is 2.14. The Labute approximate surface area is 196 Å². The van der Waals surface area contributed by atoms with Crippen molar-refractivity contribution in [2.45, 2.75) is 51.0 Å². The second-order valence-electron chi connectivity index (χ2n) is 8.48. The van der Waals surface area contributed by atoms with Crippen molar-refractivity contribution in [1.82, 2.24) is 4.98 Å². The fraction of sp³-hybridized carbons (Fsp3) is 0.542. The molecule has 3 heterocycles. The third-order valence-electron chi connectivity index (χ3n) is 6.12. The van der Waals surface area contributed by atoms with Gasteiger partial charge in [-0.2, -0.15) is 13.2 Å². The van der Waals surface area contributed by atoms with E-state index in [-0.39, 0.29) is 17.2 Å². The first-order chi connectivity index (χ1) is 15.9. The van der Waals surface area contributed by atoms with Crippen LogP contribution in [0.25, 0.3) is 0 Å². The number of anilines is 1. The number of nitrogens with zero attached hydrogens (tertiary/aromatic N) is 2. The summed E-state index contributed by atoms with van der Waals surface area (Å²) in [4.78, 5) is 6.08. The van der Waals surface area contributed by atoms with Gasteiger partial charge in [0.1, 0.15) is 10.8 Å². The van der Waals surface area contributed by atoms with Gasteiger partial charge in [-0.3, -0.25) is 0 Å². The highest BCUT2D eigenvalue weighted by Gasteiger charge is 2.31. The summed E-state index contributed by atoms with van der Waals surface area (Å²) in [7, 11) is 0. The molecule has 0 saturated carbocycles. The molecule has 2 aliphatic heterocycles. The van der Waals surface area contributed by atoms with Crippen LogP contribution in [0.3, 0.4) is 0 Å². The number of hydrogen-bond donors (Lipinski definition) is 0. The molecule has 1 unspecified atom stereocenters. The number of aromatic nitrogens is 1. The van der Waals surface area contributed by atoms with Crippen LogP contribution in [-0.2, 0) is 10.9 Å². The van der Waals surface area contributed by atoms with E-state index in [0.29, 0.717) is 12.5 Å². The highest BCUT2D eigenvalue weighted by atomic mass is 35.5. The smallest absolute Gasteiger partial charge is 0.417 e. The van der Waals surface area contributed by atoms with Crippen molar-refractivity contribution in [3.8, 4) is 11.6 Å². The first-order valence-electron chi connectivity index (χ1n) is 11.4. The average Bonchev–Trinajstić information content (AvgIpc) is 2.81. The molecule has 1 aromatic heterocycles. The van der Waals surface area contributed by atoms with Crippen molar-refractivity contribution < 1.29 is 27.4 Å². The van der Waals surface area contributed by atoms with E-state index in [1.165, 1.54) is 5.69 Å². The van der Waals surface area contributed by atoms with E-state index >= 15 is 0 Å². The van der Waals surface area contributed by atoms with E-state index in [2.05, 4.69) is 22.0 Å². The number of alkyl halides is 3. The van der Waals surface area contributed by atoms with Crippen LogP contribution in [0.1, 0.15) is 44.1 Å². The second kappa shape index (κ2) is 10.8. The summed E-state index contributed by atoms with van der Waals surface area (Å²) in [5, 5.41) is -0.123. The molecule has 1 atom stereocenters. The maximum atomic E-state index is 12.7. The van der Waals surface area contributed by atoms with Crippen LogP contribution >= 0.6 is 11.6 Å². The Bertz CT molecular complexity index is 897. The zero-order chi connectivity index (χ0) is 23.3. The summed E-state index contributed by atoms with van der Waals surface area (Å²) in [6.45, 7) is 3.01. The minimum absolute atomic E-state index is 0.0445. The number of rotatable bonds is 7. The van der Waals surface area contributed by atoms with Gasteiger partial charge in [-0.15, -0.1) is 0 Å². The predicted octanol–water partition coefficient (Wildman–Crippen LogP) is 6.34. The SMILES string of the molecule is FC(F)(F)c1cnc(OCCC2CCN(c3ccc(OC4CCCCO4)cc3)CC2)c(Cl)c1. The summed E-state index contributed by atoms with van der Waals surface area (Å²) in [6, 6.07) is 9.00. The summed E-state index contributed by atoms with van der Waals surface area (Å²) in [5.41, 5.74) is 0.288. The molecule has 2 aromatic rings. The predicted molar refractivity (Wildman–Crippen MR) is 120 cm³/mol. The summed E-state index contributed by atoms with van der Waals surface area (Å²) >= 11 is 5.90. The number of piperidine rings is 1. The fourth-order valence-corrected chi connectivity index (χ4v) is 4.40. The van der Waals surface area contributed by atoms with E-state index in [1.807, 2.05) is 12.1 Å². The zero-order valence-corrected chi connectivity index (χ0v) is 19.1. The Hall–Kier alpha value is -2.19. The van der Waals surface area contributed by atoms with Crippen LogP contribution in [0.5, 0.6) is 11.6 Å². The molecule has 0 radical (unpaired) electrons. The van der Waals surface area contributed by atoms with Crippen molar-refractivity contribution >= 4 is 17.3 Å². The molecule has 0 aliphatic carbocycles. The van der Waals surface area contributed by atoms with Gasteiger partial charge in [0.25, 0.3) is 0 Å². The van der Waals surface area contributed by atoms with Crippen molar-refractivity contribution in [3.63, 3.8) is 0 Å². The number of halogens is 4. The molecular formula is C24H28ClF3N2O3. The molecular weight excluding hydrogens is 457 g/mol. The Morgan fingerprint density at radius 1 is 1.09 bits per heavy atom. The van der Waals surface area contributed by atoms with Crippen LogP contribution in [0.4, 0.5) is 18.9 Å². The van der Waals surface area contributed by atoms with Crippen LogP contribution < -0.4 is 14.4 Å². The van der Waals surface area contributed by atoms with Crippen molar-refractivity contribution in [2.24, 2.45) is 5.92 Å². The minimum atomic E-state index is -4.47.